The fourth-order valence-electron chi connectivity index (χ4n) is 2.64. The number of piperazine rings is 1. The first-order chi connectivity index (χ1) is 9.67. The minimum Gasteiger partial charge on any atom is -0.357 e. The van der Waals surface area contributed by atoms with Crippen LogP contribution in [0.2, 0.25) is 0 Å². The van der Waals surface area contributed by atoms with Crippen LogP contribution in [0.25, 0.3) is 0 Å². The zero-order chi connectivity index (χ0) is 14.5. The Bertz CT molecular complexity index is 478. The highest BCUT2D eigenvalue weighted by Crippen LogP contribution is 2.28. The van der Waals surface area contributed by atoms with Crippen molar-refractivity contribution < 1.29 is 4.79 Å². The fraction of sp³-hybridized carbons (Fsp3) is 0.533. The smallest absolute Gasteiger partial charge is 0.242 e. The third-order valence-corrected chi connectivity index (χ3v) is 4.13. The Morgan fingerprint density at radius 2 is 2.25 bits per heavy atom. The van der Waals surface area contributed by atoms with Gasteiger partial charge in [0.05, 0.1) is 0 Å². The molecule has 0 radical (unpaired) electrons. The number of amides is 1. The van der Waals surface area contributed by atoms with E-state index in [2.05, 4.69) is 57.4 Å². The van der Waals surface area contributed by atoms with E-state index >= 15 is 0 Å². The van der Waals surface area contributed by atoms with E-state index in [1.54, 1.807) is 0 Å². The molecule has 110 valence electrons. The zero-order valence-electron chi connectivity index (χ0n) is 12.1. The maximum absolute atomic E-state index is 12.0. The van der Waals surface area contributed by atoms with E-state index in [0.717, 1.165) is 36.2 Å². The van der Waals surface area contributed by atoms with E-state index in [4.69, 9.17) is 0 Å². The van der Waals surface area contributed by atoms with Crippen molar-refractivity contribution in [2.75, 3.05) is 24.5 Å². The summed E-state index contributed by atoms with van der Waals surface area (Å²) >= 11 is 3.53. The zero-order valence-corrected chi connectivity index (χ0v) is 13.7. The van der Waals surface area contributed by atoms with Crippen molar-refractivity contribution in [1.82, 2.24) is 10.6 Å². The van der Waals surface area contributed by atoms with Gasteiger partial charge in [-0.3, -0.25) is 4.79 Å². The van der Waals surface area contributed by atoms with Crippen LogP contribution in [0.3, 0.4) is 0 Å². The highest BCUT2D eigenvalue weighted by molar-refractivity contribution is 9.10. The number of nitrogens with one attached hydrogen (secondary N) is 2. The first-order valence-corrected chi connectivity index (χ1v) is 8.00. The number of halogens is 1. The summed E-state index contributed by atoms with van der Waals surface area (Å²) in [5, 5.41) is 6.32. The van der Waals surface area contributed by atoms with E-state index in [0.29, 0.717) is 6.54 Å². The molecular weight excluding hydrogens is 318 g/mol. The van der Waals surface area contributed by atoms with Gasteiger partial charge in [-0.2, -0.15) is 0 Å². The first-order valence-electron chi connectivity index (χ1n) is 7.20. The van der Waals surface area contributed by atoms with Gasteiger partial charge in [0, 0.05) is 29.8 Å². The summed E-state index contributed by atoms with van der Waals surface area (Å²) in [6.07, 6.45) is 0.822. The third kappa shape index (κ3) is 3.33. The molecule has 2 N–H and O–H groups in total. The van der Waals surface area contributed by atoms with Crippen molar-refractivity contribution >= 4 is 27.5 Å². The quantitative estimate of drug-likeness (QED) is 0.864. The molecule has 1 amide bonds. The molecule has 0 bridgehead atoms. The summed E-state index contributed by atoms with van der Waals surface area (Å²) in [6, 6.07) is 6.23. The predicted octanol–water partition coefficient (Wildman–Crippen LogP) is 2.27. The van der Waals surface area contributed by atoms with E-state index in [1.165, 1.54) is 5.56 Å². The molecule has 5 heteroatoms. The molecule has 2 rings (SSSR count). The Kier molecular flexibility index (Phi) is 5.43. The van der Waals surface area contributed by atoms with Crippen LogP contribution in [-0.2, 0) is 11.3 Å². The predicted molar refractivity (Wildman–Crippen MR) is 86.0 cm³/mol. The third-order valence-electron chi connectivity index (χ3n) is 3.63. The molecule has 1 aliphatic rings. The molecule has 1 fully saturated rings. The summed E-state index contributed by atoms with van der Waals surface area (Å²) in [6.45, 7) is 7.49. The second-order valence-electron chi connectivity index (χ2n) is 4.96. The largest absolute Gasteiger partial charge is 0.357 e. The van der Waals surface area contributed by atoms with E-state index < -0.39 is 0 Å². The second kappa shape index (κ2) is 7.09. The molecule has 4 nitrogen and oxygen atoms in total. The average molecular weight is 340 g/mol. The van der Waals surface area contributed by atoms with Gasteiger partial charge in [-0.25, -0.2) is 0 Å². The minimum atomic E-state index is -0.0645. The summed E-state index contributed by atoms with van der Waals surface area (Å²) in [7, 11) is 0. The van der Waals surface area contributed by atoms with Crippen LogP contribution in [0.15, 0.2) is 22.7 Å². The number of nitrogens with zero attached hydrogens (tertiary/aromatic N) is 1. The standard InChI is InChI=1S/C15H22BrN3O/c1-3-13-15(20)18-7-8-19(13)14-6-5-12(16)9-11(14)10-17-4-2/h5-6,9,13,17H,3-4,7-8,10H2,1-2H3,(H,18,20). The Balaban J connectivity index is 2.31. The van der Waals surface area contributed by atoms with Crippen LogP contribution in [0.4, 0.5) is 5.69 Å². The van der Waals surface area contributed by atoms with Crippen LogP contribution >= 0.6 is 15.9 Å². The first kappa shape index (κ1) is 15.3. The Morgan fingerprint density at radius 1 is 1.45 bits per heavy atom. The van der Waals surface area contributed by atoms with Crippen molar-refractivity contribution in [3.8, 4) is 0 Å². The number of carbonyl (C=O) groups is 1. The Labute approximate surface area is 129 Å². The highest BCUT2D eigenvalue weighted by Gasteiger charge is 2.29. The molecular formula is C15H22BrN3O. The Morgan fingerprint density at radius 3 is 2.95 bits per heavy atom. The molecule has 1 atom stereocenters. The van der Waals surface area contributed by atoms with Crippen molar-refractivity contribution in [3.63, 3.8) is 0 Å². The molecule has 1 unspecified atom stereocenters. The van der Waals surface area contributed by atoms with Gasteiger partial charge in [-0.1, -0.05) is 29.8 Å². The lowest BCUT2D eigenvalue weighted by Gasteiger charge is -2.37. The van der Waals surface area contributed by atoms with E-state index in [-0.39, 0.29) is 11.9 Å². The summed E-state index contributed by atoms with van der Waals surface area (Å²) in [4.78, 5) is 14.3. The van der Waals surface area contributed by atoms with Gasteiger partial charge in [-0.05, 0) is 36.7 Å². The lowest BCUT2D eigenvalue weighted by atomic mass is 10.1. The van der Waals surface area contributed by atoms with Gasteiger partial charge in [0.2, 0.25) is 5.91 Å². The number of hydrogen-bond acceptors (Lipinski definition) is 3. The van der Waals surface area contributed by atoms with Gasteiger partial charge in [-0.15, -0.1) is 0 Å². The number of carbonyl (C=O) groups excluding carboxylic acids is 1. The summed E-state index contributed by atoms with van der Waals surface area (Å²) in [5.74, 6) is 0.135. The monoisotopic (exact) mass is 339 g/mol. The minimum absolute atomic E-state index is 0.0645. The molecule has 1 aromatic rings. The second-order valence-corrected chi connectivity index (χ2v) is 5.88. The van der Waals surface area contributed by atoms with Crippen LogP contribution in [-0.4, -0.2) is 31.6 Å². The van der Waals surface area contributed by atoms with Crippen LogP contribution < -0.4 is 15.5 Å². The van der Waals surface area contributed by atoms with E-state index in [1.807, 2.05) is 6.07 Å². The van der Waals surface area contributed by atoms with Crippen LogP contribution in [0.5, 0.6) is 0 Å². The van der Waals surface area contributed by atoms with Gasteiger partial charge in [0.1, 0.15) is 6.04 Å². The van der Waals surface area contributed by atoms with Crippen LogP contribution in [0, 0.1) is 0 Å². The molecule has 1 aliphatic heterocycles. The van der Waals surface area contributed by atoms with Crippen molar-refractivity contribution in [2.24, 2.45) is 0 Å². The van der Waals surface area contributed by atoms with Crippen molar-refractivity contribution in [1.29, 1.82) is 0 Å². The Hall–Kier alpha value is -1.07. The molecule has 0 aliphatic carbocycles. The normalized spacial score (nSPS) is 19.1. The SMILES string of the molecule is CCNCc1cc(Br)ccc1N1CCNC(=O)C1CC. The number of hydrogen-bond donors (Lipinski definition) is 2. The van der Waals surface area contributed by atoms with E-state index in [9.17, 15) is 4.79 Å². The molecule has 0 saturated carbocycles. The van der Waals surface area contributed by atoms with Crippen molar-refractivity contribution in [2.45, 2.75) is 32.9 Å². The maximum atomic E-state index is 12.0. The molecule has 20 heavy (non-hydrogen) atoms. The van der Waals surface area contributed by atoms with Crippen LogP contribution in [0.1, 0.15) is 25.8 Å². The van der Waals surface area contributed by atoms with Gasteiger partial charge in [0.15, 0.2) is 0 Å². The molecule has 1 aromatic carbocycles. The van der Waals surface area contributed by atoms with Gasteiger partial charge in [0.25, 0.3) is 0 Å². The average Bonchev–Trinajstić information content (AvgIpc) is 2.45. The summed E-state index contributed by atoms with van der Waals surface area (Å²) < 4.78 is 1.07. The van der Waals surface area contributed by atoms with Crippen molar-refractivity contribution in [3.05, 3.63) is 28.2 Å². The molecule has 1 saturated heterocycles. The molecule has 0 aromatic heterocycles. The lowest BCUT2D eigenvalue weighted by Crippen LogP contribution is -2.55. The maximum Gasteiger partial charge on any atom is 0.242 e. The number of anilines is 1. The van der Waals surface area contributed by atoms with Gasteiger partial charge < -0.3 is 15.5 Å². The van der Waals surface area contributed by atoms with Gasteiger partial charge >= 0.3 is 0 Å². The number of rotatable bonds is 5. The number of benzene rings is 1. The molecule has 1 heterocycles. The fourth-order valence-corrected chi connectivity index (χ4v) is 3.05. The molecule has 0 spiro atoms. The highest BCUT2D eigenvalue weighted by atomic mass is 79.9. The summed E-state index contributed by atoms with van der Waals surface area (Å²) in [5.41, 5.74) is 2.39. The topological polar surface area (TPSA) is 44.4 Å². The lowest BCUT2D eigenvalue weighted by molar-refractivity contribution is -0.123.